The number of carbonyl (C=O) groups is 2. The summed E-state index contributed by atoms with van der Waals surface area (Å²) in [7, 11) is 0. The molecule has 0 amide bonds. The maximum atomic E-state index is 12.1. The summed E-state index contributed by atoms with van der Waals surface area (Å²) in [4.78, 5) is 24.2. The number of hydrogen-bond donors (Lipinski definition) is 0. The molecule has 0 aliphatic carbocycles. The quantitative estimate of drug-likeness (QED) is 0.496. The first-order chi connectivity index (χ1) is 8.44. The highest BCUT2D eigenvalue weighted by molar-refractivity contribution is 5.99. The third kappa shape index (κ3) is 4.31. The largest absolute Gasteiger partial charge is 0.465 e. The number of ether oxygens (including phenoxy) is 2. The Balaban J connectivity index is 4.78. The van der Waals surface area contributed by atoms with Gasteiger partial charge in [-0.3, -0.25) is 9.59 Å². The van der Waals surface area contributed by atoms with E-state index in [0.717, 1.165) is 6.42 Å². The molecule has 0 rings (SSSR count). The molecule has 18 heavy (non-hydrogen) atoms. The van der Waals surface area contributed by atoms with Gasteiger partial charge in [0.1, 0.15) is 0 Å². The highest BCUT2D eigenvalue weighted by atomic mass is 16.6. The van der Waals surface area contributed by atoms with Crippen molar-refractivity contribution in [3.05, 3.63) is 0 Å². The molecule has 0 aliphatic rings. The van der Waals surface area contributed by atoms with Crippen molar-refractivity contribution < 1.29 is 19.1 Å². The van der Waals surface area contributed by atoms with E-state index in [9.17, 15) is 9.59 Å². The van der Waals surface area contributed by atoms with Gasteiger partial charge in [0.2, 0.25) is 0 Å². The SMILES string of the molecule is CCCOC(=O)C(CC)(CC)C(=O)OCC(C)C. The fourth-order valence-electron chi connectivity index (χ4n) is 1.62. The van der Waals surface area contributed by atoms with Gasteiger partial charge in [-0.2, -0.15) is 0 Å². The molecule has 0 heterocycles. The zero-order chi connectivity index (χ0) is 14.2. The van der Waals surface area contributed by atoms with Crippen LogP contribution in [0.15, 0.2) is 0 Å². The van der Waals surface area contributed by atoms with Crippen molar-refractivity contribution in [2.24, 2.45) is 11.3 Å². The van der Waals surface area contributed by atoms with Crippen LogP contribution in [0.25, 0.3) is 0 Å². The summed E-state index contributed by atoms with van der Waals surface area (Å²) in [6.45, 7) is 10.1. The molecular weight excluding hydrogens is 232 g/mol. The molecule has 0 radical (unpaired) electrons. The highest BCUT2D eigenvalue weighted by Crippen LogP contribution is 2.30. The zero-order valence-corrected chi connectivity index (χ0v) is 12.2. The van der Waals surface area contributed by atoms with Crippen LogP contribution >= 0.6 is 0 Å². The molecule has 0 aromatic heterocycles. The number of hydrogen-bond acceptors (Lipinski definition) is 4. The van der Waals surface area contributed by atoms with E-state index in [1.807, 2.05) is 34.6 Å². The molecule has 0 saturated carbocycles. The van der Waals surface area contributed by atoms with Gasteiger partial charge in [0.25, 0.3) is 0 Å². The highest BCUT2D eigenvalue weighted by Gasteiger charge is 2.45. The van der Waals surface area contributed by atoms with Gasteiger partial charge in [0.15, 0.2) is 5.41 Å². The summed E-state index contributed by atoms with van der Waals surface area (Å²) >= 11 is 0. The molecule has 0 bridgehead atoms. The number of esters is 2. The fourth-order valence-corrected chi connectivity index (χ4v) is 1.62. The van der Waals surface area contributed by atoms with E-state index in [1.165, 1.54) is 0 Å². The molecule has 0 aromatic rings. The van der Waals surface area contributed by atoms with Gasteiger partial charge in [-0.15, -0.1) is 0 Å². The van der Waals surface area contributed by atoms with Crippen LogP contribution in [0, 0.1) is 11.3 Å². The third-order valence-electron chi connectivity index (χ3n) is 2.97. The first-order valence-corrected chi connectivity index (χ1v) is 6.79. The summed E-state index contributed by atoms with van der Waals surface area (Å²) < 4.78 is 10.3. The van der Waals surface area contributed by atoms with E-state index in [0.29, 0.717) is 26.1 Å². The molecule has 4 nitrogen and oxygen atoms in total. The van der Waals surface area contributed by atoms with Crippen LogP contribution in [0.4, 0.5) is 0 Å². The molecule has 4 heteroatoms. The molecule has 0 atom stereocenters. The molecule has 0 aromatic carbocycles. The van der Waals surface area contributed by atoms with Gasteiger partial charge in [-0.05, 0) is 25.2 Å². The van der Waals surface area contributed by atoms with Crippen LogP contribution in [0.3, 0.4) is 0 Å². The van der Waals surface area contributed by atoms with Crippen molar-refractivity contribution in [3.63, 3.8) is 0 Å². The van der Waals surface area contributed by atoms with Crippen molar-refractivity contribution in [2.45, 2.75) is 53.9 Å². The summed E-state index contributed by atoms with van der Waals surface area (Å²) in [5.74, 6) is -0.655. The van der Waals surface area contributed by atoms with Gasteiger partial charge >= 0.3 is 11.9 Å². The molecule has 106 valence electrons. The maximum Gasteiger partial charge on any atom is 0.323 e. The van der Waals surface area contributed by atoms with Crippen molar-refractivity contribution in [2.75, 3.05) is 13.2 Å². The third-order valence-corrected chi connectivity index (χ3v) is 2.97. The van der Waals surface area contributed by atoms with Gasteiger partial charge in [0.05, 0.1) is 13.2 Å². The molecule has 0 spiro atoms. The average Bonchev–Trinajstić information content (AvgIpc) is 2.35. The predicted octanol–water partition coefficient (Wildman–Crippen LogP) is 2.95. The van der Waals surface area contributed by atoms with E-state index < -0.39 is 17.4 Å². The van der Waals surface area contributed by atoms with Gasteiger partial charge in [-0.25, -0.2) is 0 Å². The Bertz CT molecular complexity index is 267. The fraction of sp³-hybridized carbons (Fsp3) is 0.857. The first kappa shape index (κ1) is 16.9. The molecule has 0 unspecified atom stereocenters. The van der Waals surface area contributed by atoms with Crippen LogP contribution in [0.5, 0.6) is 0 Å². The zero-order valence-electron chi connectivity index (χ0n) is 12.2. The topological polar surface area (TPSA) is 52.6 Å². The second-order valence-electron chi connectivity index (χ2n) is 4.92. The van der Waals surface area contributed by atoms with Crippen molar-refractivity contribution >= 4 is 11.9 Å². The maximum absolute atomic E-state index is 12.1. The Morgan fingerprint density at radius 3 is 1.89 bits per heavy atom. The lowest BCUT2D eigenvalue weighted by Crippen LogP contribution is -2.41. The van der Waals surface area contributed by atoms with Crippen molar-refractivity contribution in [1.82, 2.24) is 0 Å². The van der Waals surface area contributed by atoms with Crippen LogP contribution in [0.2, 0.25) is 0 Å². The summed E-state index contributed by atoms with van der Waals surface area (Å²) in [6.07, 6.45) is 1.56. The van der Waals surface area contributed by atoms with Crippen LogP contribution < -0.4 is 0 Å². The van der Waals surface area contributed by atoms with Gasteiger partial charge in [-0.1, -0.05) is 34.6 Å². The normalized spacial score (nSPS) is 11.4. The average molecular weight is 258 g/mol. The Hall–Kier alpha value is -1.06. The summed E-state index contributed by atoms with van der Waals surface area (Å²) in [6, 6.07) is 0. The van der Waals surface area contributed by atoms with Crippen LogP contribution in [0.1, 0.15) is 53.9 Å². The monoisotopic (exact) mass is 258 g/mol. The Kier molecular flexibility index (Phi) is 7.64. The smallest absolute Gasteiger partial charge is 0.323 e. The summed E-state index contributed by atoms with van der Waals surface area (Å²) in [5.41, 5.74) is -1.13. The molecule has 0 fully saturated rings. The van der Waals surface area contributed by atoms with E-state index in [1.54, 1.807) is 0 Å². The Labute approximate surface area is 110 Å². The number of rotatable bonds is 8. The molecule has 0 saturated heterocycles. The van der Waals surface area contributed by atoms with Crippen molar-refractivity contribution in [3.8, 4) is 0 Å². The Morgan fingerprint density at radius 2 is 1.50 bits per heavy atom. The van der Waals surface area contributed by atoms with E-state index >= 15 is 0 Å². The minimum atomic E-state index is -1.13. The molecule has 0 aliphatic heterocycles. The van der Waals surface area contributed by atoms with E-state index in [2.05, 4.69) is 0 Å². The standard InChI is InChI=1S/C14H26O4/c1-6-9-17-12(15)14(7-2,8-3)13(16)18-10-11(4)5/h11H,6-10H2,1-5H3. The predicted molar refractivity (Wildman–Crippen MR) is 70.1 cm³/mol. The number of carbonyl (C=O) groups excluding carboxylic acids is 2. The second kappa shape index (κ2) is 8.11. The van der Waals surface area contributed by atoms with Crippen molar-refractivity contribution in [1.29, 1.82) is 0 Å². The second-order valence-corrected chi connectivity index (χ2v) is 4.92. The lowest BCUT2D eigenvalue weighted by Gasteiger charge is -2.27. The van der Waals surface area contributed by atoms with Crippen LogP contribution in [-0.2, 0) is 19.1 Å². The molecule has 0 N–H and O–H groups in total. The Morgan fingerprint density at radius 1 is 1.00 bits per heavy atom. The van der Waals surface area contributed by atoms with E-state index in [-0.39, 0.29) is 5.92 Å². The lowest BCUT2D eigenvalue weighted by atomic mass is 9.82. The van der Waals surface area contributed by atoms with Crippen LogP contribution in [-0.4, -0.2) is 25.2 Å². The summed E-state index contributed by atoms with van der Waals surface area (Å²) in [5, 5.41) is 0. The van der Waals surface area contributed by atoms with Gasteiger partial charge < -0.3 is 9.47 Å². The lowest BCUT2D eigenvalue weighted by molar-refractivity contribution is -0.174. The minimum Gasteiger partial charge on any atom is -0.465 e. The van der Waals surface area contributed by atoms with E-state index in [4.69, 9.17) is 9.47 Å². The molecular formula is C14H26O4. The minimum absolute atomic E-state index is 0.257. The first-order valence-electron chi connectivity index (χ1n) is 6.79. The van der Waals surface area contributed by atoms with Gasteiger partial charge in [0, 0.05) is 0 Å².